The summed E-state index contributed by atoms with van der Waals surface area (Å²) >= 11 is 7.45. The van der Waals surface area contributed by atoms with Crippen LogP contribution in [0, 0.1) is 0 Å². The monoisotopic (exact) mass is 287 g/mol. The summed E-state index contributed by atoms with van der Waals surface area (Å²) in [5.74, 6) is 0.793. The van der Waals surface area contributed by atoms with Crippen molar-refractivity contribution in [2.75, 3.05) is 12.3 Å². The van der Waals surface area contributed by atoms with E-state index in [0.717, 1.165) is 15.7 Å². The molecule has 0 radical (unpaired) electrons. The zero-order valence-electron chi connectivity index (χ0n) is 10.8. The summed E-state index contributed by atoms with van der Waals surface area (Å²) in [5.41, 5.74) is -0.451. The van der Waals surface area contributed by atoms with Crippen LogP contribution in [0.4, 0.5) is 4.79 Å². The molecule has 0 fully saturated rings. The summed E-state index contributed by atoms with van der Waals surface area (Å²) in [6, 6.07) is 7.62. The normalized spacial score (nSPS) is 11.1. The zero-order chi connectivity index (χ0) is 13.6. The van der Waals surface area contributed by atoms with E-state index in [2.05, 4.69) is 5.32 Å². The Morgan fingerprint density at radius 2 is 1.94 bits per heavy atom. The molecular formula is C13H18ClNO2S. The second-order valence-electron chi connectivity index (χ2n) is 4.73. The van der Waals surface area contributed by atoms with E-state index in [1.807, 2.05) is 45.0 Å². The predicted molar refractivity (Wildman–Crippen MR) is 76.4 cm³/mol. The maximum atomic E-state index is 11.4. The van der Waals surface area contributed by atoms with E-state index in [9.17, 15) is 4.79 Å². The van der Waals surface area contributed by atoms with Crippen LogP contribution in [0.25, 0.3) is 0 Å². The third-order valence-electron chi connectivity index (χ3n) is 1.85. The van der Waals surface area contributed by atoms with Gasteiger partial charge in [0.2, 0.25) is 0 Å². The van der Waals surface area contributed by atoms with Crippen LogP contribution in [0.5, 0.6) is 0 Å². The molecular weight excluding hydrogens is 270 g/mol. The van der Waals surface area contributed by atoms with Crippen molar-refractivity contribution in [2.45, 2.75) is 31.3 Å². The third-order valence-corrected chi connectivity index (χ3v) is 3.12. The van der Waals surface area contributed by atoms with Gasteiger partial charge in [0.05, 0.1) is 0 Å². The average molecular weight is 288 g/mol. The smallest absolute Gasteiger partial charge is 0.407 e. The van der Waals surface area contributed by atoms with Crippen molar-refractivity contribution in [1.82, 2.24) is 5.32 Å². The van der Waals surface area contributed by atoms with Crippen LogP contribution >= 0.6 is 23.4 Å². The standard InChI is InChI=1S/C13H18ClNO2S/c1-13(2,3)17-12(16)15-8-9-18-11-6-4-10(14)5-7-11/h4-7H,8-9H2,1-3H3,(H,15,16). The van der Waals surface area contributed by atoms with Gasteiger partial charge in [-0.1, -0.05) is 11.6 Å². The molecule has 1 aromatic rings. The summed E-state index contributed by atoms with van der Waals surface area (Å²) in [5, 5.41) is 3.44. The lowest BCUT2D eigenvalue weighted by Crippen LogP contribution is -2.33. The molecule has 0 atom stereocenters. The molecule has 18 heavy (non-hydrogen) atoms. The maximum Gasteiger partial charge on any atom is 0.407 e. The number of nitrogens with one attached hydrogen (secondary N) is 1. The summed E-state index contributed by atoms with van der Waals surface area (Å²) in [6.07, 6.45) is -0.376. The molecule has 0 heterocycles. The van der Waals surface area contributed by atoms with Crippen molar-refractivity contribution in [3.05, 3.63) is 29.3 Å². The van der Waals surface area contributed by atoms with E-state index in [0.29, 0.717) is 6.54 Å². The van der Waals surface area contributed by atoms with Gasteiger partial charge >= 0.3 is 6.09 Å². The summed E-state index contributed by atoms with van der Waals surface area (Å²) in [7, 11) is 0. The predicted octanol–water partition coefficient (Wildman–Crippen LogP) is 3.96. The first kappa shape index (κ1) is 15.2. The van der Waals surface area contributed by atoms with Gasteiger partial charge in [-0.3, -0.25) is 0 Å². The number of carbonyl (C=O) groups is 1. The van der Waals surface area contributed by atoms with E-state index in [-0.39, 0.29) is 6.09 Å². The highest BCUT2D eigenvalue weighted by atomic mass is 35.5. The SMILES string of the molecule is CC(C)(C)OC(=O)NCCSc1ccc(Cl)cc1. The molecule has 1 rings (SSSR count). The van der Waals surface area contributed by atoms with E-state index >= 15 is 0 Å². The van der Waals surface area contributed by atoms with Crippen LogP contribution < -0.4 is 5.32 Å². The zero-order valence-corrected chi connectivity index (χ0v) is 12.4. The molecule has 3 nitrogen and oxygen atoms in total. The highest BCUT2D eigenvalue weighted by molar-refractivity contribution is 7.99. The van der Waals surface area contributed by atoms with Crippen LogP contribution in [0.1, 0.15) is 20.8 Å². The molecule has 0 saturated heterocycles. The first-order valence-electron chi connectivity index (χ1n) is 5.72. The molecule has 1 aromatic carbocycles. The second kappa shape index (κ2) is 6.90. The lowest BCUT2D eigenvalue weighted by molar-refractivity contribution is 0.0531. The molecule has 0 unspecified atom stereocenters. The highest BCUT2D eigenvalue weighted by Gasteiger charge is 2.15. The van der Waals surface area contributed by atoms with Gasteiger partial charge in [-0.2, -0.15) is 0 Å². The number of ether oxygens (including phenoxy) is 1. The summed E-state index contributed by atoms with van der Waals surface area (Å²) < 4.78 is 5.13. The Balaban J connectivity index is 2.19. The average Bonchev–Trinajstić information content (AvgIpc) is 2.24. The minimum absolute atomic E-state index is 0.376. The molecule has 0 aliphatic heterocycles. The van der Waals surface area contributed by atoms with Crippen LogP contribution in [-0.2, 0) is 4.74 Å². The molecule has 0 aromatic heterocycles. The molecule has 5 heteroatoms. The van der Waals surface area contributed by atoms with Crippen molar-refractivity contribution in [3.63, 3.8) is 0 Å². The van der Waals surface area contributed by atoms with E-state index in [1.165, 1.54) is 0 Å². The number of rotatable bonds is 4. The van der Waals surface area contributed by atoms with Crippen molar-refractivity contribution in [1.29, 1.82) is 0 Å². The Hall–Kier alpha value is -0.870. The molecule has 0 aliphatic rings. The maximum absolute atomic E-state index is 11.4. The number of alkyl carbamates (subject to hydrolysis) is 1. The van der Waals surface area contributed by atoms with Gasteiger partial charge in [0, 0.05) is 22.2 Å². The number of amides is 1. The molecule has 0 saturated carbocycles. The van der Waals surface area contributed by atoms with Gasteiger partial charge in [0.1, 0.15) is 5.60 Å². The van der Waals surface area contributed by atoms with Gasteiger partial charge in [0.15, 0.2) is 0 Å². The number of thioether (sulfide) groups is 1. The first-order valence-corrected chi connectivity index (χ1v) is 7.08. The molecule has 100 valence electrons. The van der Waals surface area contributed by atoms with Crippen LogP contribution in [-0.4, -0.2) is 24.0 Å². The van der Waals surface area contributed by atoms with Crippen LogP contribution in [0.3, 0.4) is 0 Å². The minimum atomic E-state index is -0.451. The van der Waals surface area contributed by atoms with Crippen LogP contribution in [0.15, 0.2) is 29.2 Å². The topological polar surface area (TPSA) is 38.3 Å². The van der Waals surface area contributed by atoms with E-state index in [1.54, 1.807) is 11.8 Å². The molecule has 0 aliphatic carbocycles. The number of carbonyl (C=O) groups excluding carboxylic acids is 1. The number of hydrogen-bond acceptors (Lipinski definition) is 3. The van der Waals surface area contributed by atoms with Crippen molar-refractivity contribution in [2.24, 2.45) is 0 Å². The third kappa shape index (κ3) is 6.77. The quantitative estimate of drug-likeness (QED) is 0.673. The van der Waals surface area contributed by atoms with E-state index < -0.39 is 5.60 Å². The highest BCUT2D eigenvalue weighted by Crippen LogP contribution is 2.19. The molecule has 1 amide bonds. The Labute approximate surface area is 117 Å². The Morgan fingerprint density at radius 1 is 1.33 bits per heavy atom. The van der Waals surface area contributed by atoms with Gasteiger partial charge in [-0.15, -0.1) is 11.8 Å². The van der Waals surface area contributed by atoms with Crippen LogP contribution in [0.2, 0.25) is 5.02 Å². The summed E-state index contributed by atoms with van der Waals surface area (Å²) in [6.45, 7) is 6.10. The number of hydrogen-bond donors (Lipinski definition) is 1. The van der Waals surface area contributed by atoms with Gasteiger partial charge < -0.3 is 10.1 Å². The summed E-state index contributed by atoms with van der Waals surface area (Å²) in [4.78, 5) is 12.5. The first-order chi connectivity index (χ1) is 8.37. The lowest BCUT2D eigenvalue weighted by Gasteiger charge is -2.19. The Kier molecular flexibility index (Phi) is 5.82. The number of halogens is 1. The van der Waals surface area contributed by atoms with Crippen molar-refractivity contribution >= 4 is 29.5 Å². The fraction of sp³-hybridized carbons (Fsp3) is 0.462. The largest absolute Gasteiger partial charge is 0.444 e. The van der Waals surface area contributed by atoms with Crippen molar-refractivity contribution < 1.29 is 9.53 Å². The lowest BCUT2D eigenvalue weighted by atomic mass is 10.2. The van der Waals surface area contributed by atoms with Crippen molar-refractivity contribution in [3.8, 4) is 0 Å². The van der Waals surface area contributed by atoms with Gasteiger partial charge in [-0.25, -0.2) is 4.79 Å². The van der Waals surface area contributed by atoms with Gasteiger partial charge in [-0.05, 0) is 45.0 Å². The van der Waals surface area contributed by atoms with E-state index in [4.69, 9.17) is 16.3 Å². The fourth-order valence-corrected chi connectivity index (χ4v) is 2.06. The minimum Gasteiger partial charge on any atom is -0.444 e. The molecule has 1 N–H and O–H groups in total. The fourth-order valence-electron chi connectivity index (χ4n) is 1.17. The van der Waals surface area contributed by atoms with Gasteiger partial charge in [0.25, 0.3) is 0 Å². The Bertz CT molecular complexity index is 387. The number of benzene rings is 1. The Morgan fingerprint density at radius 3 is 2.50 bits per heavy atom. The second-order valence-corrected chi connectivity index (χ2v) is 6.34. The molecule has 0 spiro atoms. The molecule has 0 bridgehead atoms.